The Labute approximate surface area is 91.5 Å². The molecular formula is C9H15F3N2O2. The summed E-state index contributed by atoms with van der Waals surface area (Å²) in [5, 5.41) is 5.70. The largest absolute Gasteiger partial charge is 0.411 e. The lowest BCUT2D eigenvalue weighted by Gasteiger charge is -2.23. The minimum atomic E-state index is -4.38. The summed E-state index contributed by atoms with van der Waals surface area (Å²) in [5.41, 5.74) is 0. The van der Waals surface area contributed by atoms with Crippen LogP contribution in [0.15, 0.2) is 0 Å². The number of carbonyl (C=O) groups is 1. The van der Waals surface area contributed by atoms with Gasteiger partial charge >= 0.3 is 6.18 Å². The predicted octanol–water partition coefficient (Wildman–Crippen LogP) is 0.434. The normalized spacial score (nSPS) is 21.8. The van der Waals surface area contributed by atoms with Gasteiger partial charge in [-0.1, -0.05) is 0 Å². The fourth-order valence-electron chi connectivity index (χ4n) is 1.50. The molecule has 1 atom stereocenters. The number of nitrogens with one attached hydrogen (secondary N) is 2. The van der Waals surface area contributed by atoms with Crippen LogP contribution in [0.1, 0.15) is 12.8 Å². The van der Waals surface area contributed by atoms with Gasteiger partial charge in [-0.05, 0) is 19.4 Å². The Morgan fingerprint density at radius 1 is 1.50 bits per heavy atom. The standard InChI is InChI=1S/C9H15F3N2O2/c10-9(11,12)6-16-5-8(15)14-7-2-1-3-13-4-7/h7,13H,1-6H2,(H,14,15). The van der Waals surface area contributed by atoms with E-state index in [4.69, 9.17) is 0 Å². The van der Waals surface area contributed by atoms with E-state index in [1.54, 1.807) is 0 Å². The van der Waals surface area contributed by atoms with Crippen molar-refractivity contribution in [1.82, 2.24) is 10.6 Å². The Morgan fingerprint density at radius 3 is 2.81 bits per heavy atom. The van der Waals surface area contributed by atoms with E-state index in [0.29, 0.717) is 6.54 Å². The van der Waals surface area contributed by atoms with Gasteiger partial charge in [-0.2, -0.15) is 13.2 Å². The lowest BCUT2D eigenvalue weighted by Crippen LogP contribution is -2.46. The Hall–Kier alpha value is -0.820. The highest BCUT2D eigenvalue weighted by atomic mass is 19.4. The van der Waals surface area contributed by atoms with E-state index in [1.165, 1.54) is 0 Å². The number of ether oxygens (including phenoxy) is 1. The molecule has 0 radical (unpaired) electrons. The topological polar surface area (TPSA) is 50.4 Å². The summed E-state index contributed by atoms with van der Waals surface area (Å²) in [4.78, 5) is 11.2. The molecule has 1 heterocycles. The molecule has 1 unspecified atom stereocenters. The molecule has 16 heavy (non-hydrogen) atoms. The number of piperidine rings is 1. The summed E-state index contributed by atoms with van der Waals surface area (Å²) in [6.45, 7) is -0.360. The third kappa shape index (κ3) is 5.92. The molecule has 1 rings (SSSR count). The van der Waals surface area contributed by atoms with Gasteiger partial charge in [0.05, 0.1) is 0 Å². The Bertz CT molecular complexity index is 227. The highest BCUT2D eigenvalue weighted by Gasteiger charge is 2.28. The maximum atomic E-state index is 11.7. The average Bonchev–Trinajstić information content (AvgIpc) is 2.17. The van der Waals surface area contributed by atoms with E-state index in [2.05, 4.69) is 15.4 Å². The average molecular weight is 240 g/mol. The third-order valence-corrected chi connectivity index (χ3v) is 2.16. The molecule has 0 saturated carbocycles. The van der Waals surface area contributed by atoms with Crippen molar-refractivity contribution in [1.29, 1.82) is 0 Å². The number of rotatable bonds is 4. The summed E-state index contributed by atoms with van der Waals surface area (Å²) in [6.07, 6.45) is -2.58. The van der Waals surface area contributed by atoms with Crippen molar-refractivity contribution in [3.05, 3.63) is 0 Å². The first-order valence-corrected chi connectivity index (χ1v) is 5.12. The molecule has 1 fully saturated rings. The molecule has 94 valence electrons. The number of hydrogen-bond donors (Lipinski definition) is 2. The molecule has 1 amide bonds. The molecule has 1 aliphatic rings. The molecule has 0 aromatic heterocycles. The molecule has 0 aliphatic carbocycles. The van der Waals surface area contributed by atoms with Crippen molar-refractivity contribution < 1.29 is 22.7 Å². The molecule has 4 nitrogen and oxygen atoms in total. The van der Waals surface area contributed by atoms with Crippen LogP contribution in [0.3, 0.4) is 0 Å². The molecular weight excluding hydrogens is 225 g/mol. The van der Waals surface area contributed by atoms with Crippen LogP contribution < -0.4 is 10.6 Å². The summed E-state index contributed by atoms with van der Waals surface area (Å²) in [7, 11) is 0. The zero-order valence-electron chi connectivity index (χ0n) is 8.77. The third-order valence-electron chi connectivity index (χ3n) is 2.16. The maximum Gasteiger partial charge on any atom is 0.411 e. The van der Waals surface area contributed by atoms with Crippen LogP contribution in [0.2, 0.25) is 0 Å². The van der Waals surface area contributed by atoms with Crippen LogP contribution in [0.5, 0.6) is 0 Å². The monoisotopic (exact) mass is 240 g/mol. The zero-order chi connectivity index (χ0) is 12.0. The maximum absolute atomic E-state index is 11.7. The summed E-state index contributed by atoms with van der Waals surface area (Å²) < 4.78 is 39.3. The summed E-state index contributed by atoms with van der Waals surface area (Å²) >= 11 is 0. The van der Waals surface area contributed by atoms with Crippen LogP contribution in [-0.2, 0) is 9.53 Å². The van der Waals surface area contributed by atoms with Gasteiger partial charge < -0.3 is 15.4 Å². The van der Waals surface area contributed by atoms with Gasteiger partial charge in [0.15, 0.2) is 0 Å². The zero-order valence-corrected chi connectivity index (χ0v) is 8.77. The van der Waals surface area contributed by atoms with E-state index in [1.807, 2.05) is 0 Å². The Morgan fingerprint density at radius 2 is 2.25 bits per heavy atom. The van der Waals surface area contributed by atoms with E-state index in [9.17, 15) is 18.0 Å². The number of halogens is 3. The van der Waals surface area contributed by atoms with Gasteiger partial charge in [-0.15, -0.1) is 0 Å². The number of carbonyl (C=O) groups excluding carboxylic acids is 1. The number of hydrogen-bond acceptors (Lipinski definition) is 3. The lowest BCUT2D eigenvalue weighted by molar-refractivity contribution is -0.175. The molecule has 0 aromatic carbocycles. The van der Waals surface area contributed by atoms with E-state index >= 15 is 0 Å². The Kier molecular flexibility index (Phi) is 5.01. The first-order chi connectivity index (χ1) is 7.47. The SMILES string of the molecule is O=C(COCC(F)(F)F)NC1CCCNC1. The molecule has 1 saturated heterocycles. The molecule has 0 bridgehead atoms. The van der Waals surface area contributed by atoms with Gasteiger partial charge in [0, 0.05) is 12.6 Å². The van der Waals surface area contributed by atoms with Gasteiger partial charge in [0.25, 0.3) is 0 Å². The van der Waals surface area contributed by atoms with Gasteiger partial charge in [0.2, 0.25) is 5.91 Å². The van der Waals surface area contributed by atoms with Gasteiger partial charge in [-0.25, -0.2) is 0 Å². The quantitative estimate of drug-likeness (QED) is 0.749. The number of alkyl halides is 3. The summed E-state index contributed by atoms with van der Waals surface area (Å²) in [6, 6.07) is -0.00395. The second-order valence-corrected chi connectivity index (χ2v) is 3.72. The number of amides is 1. The molecule has 1 aliphatic heterocycles. The van der Waals surface area contributed by atoms with E-state index in [0.717, 1.165) is 19.4 Å². The highest BCUT2D eigenvalue weighted by Crippen LogP contribution is 2.14. The molecule has 0 spiro atoms. The molecule has 2 N–H and O–H groups in total. The lowest BCUT2D eigenvalue weighted by atomic mass is 10.1. The minimum Gasteiger partial charge on any atom is -0.362 e. The van der Waals surface area contributed by atoms with E-state index in [-0.39, 0.29) is 6.04 Å². The first kappa shape index (κ1) is 13.2. The van der Waals surface area contributed by atoms with Crippen LogP contribution in [0.25, 0.3) is 0 Å². The fourth-order valence-corrected chi connectivity index (χ4v) is 1.50. The van der Waals surface area contributed by atoms with Gasteiger partial charge in [0.1, 0.15) is 13.2 Å². The van der Waals surface area contributed by atoms with Crippen molar-refractivity contribution in [2.75, 3.05) is 26.3 Å². The van der Waals surface area contributed by atoms with Crippen LogP contribution in [0.4, 0.5) is 13.2 Å². The van der Waals surface area contributed by atoms with Crippen molar-refractivity contribution in [3.8, 4) is 0 Å². The van der Waals surface area contributed by atoms with Crippen LogP contribution in [0, 0.1) is 0 Å². The van der Waals surface area contributed by atoms with Crippen molar-refractivity contribution in [3.63, 3.8) is 0 Å². The highest BCUT2D eigenvalue weighted by molar-refractivity contribution is 5.77. The van der Waals surface area contributed by atoms with Crippen LogP contribution >= 0.6 is 0 Å². The second-order valence-electron chi connectivity index (χ2n) is 3.72. The van der Waals surface area contributed by atoms with Crippen LogP contribution in [-0.4, -0.2) is 44.4 Å². The molecule has 7 heteroatoms. The smallest absolute Gasteiger partial charge is 0.362 e. The van der Waals surface area contributed by atoms with Crippen molar-refractivity contribution in [2.45, 2.75) is 25.1 Å². The fraction of sp³-hybridized carbons (Fsp3) is 0.889. The predicted molar refractivity (Wildman–Crippen MR) is 50.9 cm³/mol. The molecule has 0 aromatic rings. The van der Waals surface area contributed by atoms with Gasteiger partial charge in [-0.3, -0.25) is 4.79 Å². The first-order valence-electron chi connectivity index (χ1n) is 5.12. The van der Waals surface area contributed by atoms with Crippen molar-refractivity contribution in [2.24, 2.45) is 0 Å². The van der Waals surface area contributed by atoms with Crippen molar-refractivity contribution >= 4 is 5.91 Å². The van der Waals surface area contributed by atoms with E-state index < -0.39 is 25.3 Å². The summed E-state index contributed by atoms with van der Waals surface area (Å²) in [5.74, 6) is -0.502. The second kappa shape index (κ2) is 6.05. The minimum absolute atomic E-state index is 0.00395. The Balaban J connectivity index is 2.10.